The van der Waals surface area contributed by atoms with Gasteiger partial charge in [-0.05, 0) is 24.5 Å². The number of rotatable bonds is 1. The van der Waals surface area contributed by atoms with Gasteiger partial charge in [-0.2, -0.15) is 5.26 Å². The van der Waals surface area contributed by atoms with E-state index in [9.17, 15) is 8.78 Å². The molecule has 1 aromatic rings. The molecule has 2 nitrogen and oxygen atoms in total. The fourth-order valence-corrected chi connectivity index (χ4v) is 2.35. The van der Waals surface area contributed by atoms with E-state index in [-0.39, 0.29) is 25.7 Å². The highest BCUT2D eigenvalue weighted by Crippen LogP contribution is 2.42. The zero-order valence-electron chi connectivity index (χ0n) is 9.42. The fraction of sp³-hybridized carbons (Fsp3) is 0.462. The number of hydrogen-bond donors (Lipinski definition) is 1. The summed E-state index contributed by atoms with van der Waals surface area (Å²) in [6, 6.07) is 9.06. The molecule has 1 saturated carbocycles. The molecule has 0 saturated heterocycles. The number of nitrogens with two attached hydrogens (primary N) is 1. The summed E-state index contributed by atoms with van der Waals surface area (Å²) in [5.41, 5.74) is 6.59. The van der Waals surface area contributed by atoms with Crippen LogP contribution in [-0.4, -0.2) is 5.92 Å². The van der Waals surface area contributed by atoms with Crippen molar-refractivity contribution in [3.05, 3.63) is 35.4 Å². The van der Waals surface area contributed by atoms with Crippen molar-refractivity contribution in [2.24, 2.45) is 5.73 Å². The average molecular weight is 236 g/mol. The molecule has 0 aliphatic heterocycles. The van der Waals surface area contributed by atoms with Crippen molar-refractivity contribution >= 4 is 0 Å². The topological polar surface area (TPSA) is 49.8 Å². The minimum atomic E-state index is -2.61. The summed E-state index contributed by atoms with van der Waals surface area (Å²) in [6.07, 6.45) is 0.0317. The van der Waals surface area contributed by atoms with Crippen molar-refractivity contribution in [2.45, 2.75) is 37.1 Å². The van der Waals surface area contributed by atoms with Crippen LogP contribution in [-0.2, 0) is 5.54 Å². The maximum atomic E-state index is 13.1. The molecule has 0 unspecified atom stereocenters. The van der Waals surface area contributed by atoms with E-state index in [2.05, 4.69) is 6.07 Å². The standard InChI is InChI=1S/C13H14F2N2/c14-13(15)7-5-12(17,6-8-13)11-4-2-1-3-10(11)9-16/h1-4H,5-8,17H2. The normalized spacial score (nSPS) is 21.8. The van der Waals surface area contributed by atoms with Gasteiger partial charge in [0.1, 0.15) is 0 Å². The van der Waals surface area contributed by atoms with Crippen molar-refractivity contribution < 1.29 is 8.78 Å². The van der Waals surface area contributed by atoms with Crippen LogP contribution in [0.1, 0.15) is 36.8 Å². The quantitative estimate of drug-likeness (QED) is 0.815. The third-order valence-corrected chi connectivity index (χ3v) is 3.46. The Bertz CT molecular complexity index is 453. The van der Waals surface area contributed by atoms with E-state index in [1.807, 2.05) is 0 Å². The van der Waals surface area contributed by atoms with E-state index >= 15 is 0 Å². The van der Waals surface area contributed by atoms with Crippen LogP contribution in [0.5, 0.6) is 0 Å². The van der Waals surface area contributed by atoms with Crippen LogP contribution in [0.25, 0.3) is 0 Å². The molecule has 0 atom stereocenters. The lowest BCUT2D eigenvalue weighted by Crippen LogP contribution is -2.44. The Kier molecular flexibility index (Phi) is 2.88. The first kappa shape index (κ1) is 12.0. The molecule has 0 heterocycles. The van der Waals surface area contributed by atoms with E-state index in [0.717, 1.165) is 0 Å². The summed E-state index contributed by atoms with van der Waals surface area (Å²) in [4.78, 5) is 0. The molecule has 2 rings (SSSR count). The maximum Gasteiger partial charge on any atom is 0.248 e. The smallest absolute Gasteiger partial charge is 0.248 e. The van der Waals surface area contributed by atoms with Gasteiger partial charge in [-0.3, -0.25) is 0 Å². The van der Waals surface area contributed by atoms with E-state index in [1.165, 1.54) is 0 Å². The van der Waals surface area contributed by atoms with E-state index in [4.69, 9.17) is 11.0 Å². The molecule has 0 bridgehead atoms. The minimum absolute atomic E-state index is 0.205. The number of nitrogens with zero attached hydrogens (tertiary/aromatic N) is 1. The molecule has 4 heteroatoms. The van der Waals surface area contributed by atoms with Crippen molar-refractivity contribution in [1.29, 1.82) is 5.26 Å². The van der Waals surface area contributed by atoms with Gasteiger partial charge in [0.25, 0.3) is 0 Å². The largest absolute Gasteiger partial charge is 0.321 e. The van der Waals surface area contributed by atoms with Gasteiger partial charge in [-0.15, -0.1) is 0 Å². The Morgan fingerprint density at radius 3 is 2.29 bits per heavy atom. The zero-order valence-corrected chi connectivity index (χ0v) is 9.42. The van der Waals surface area contributed by atoms with Gasteiger partial charge in [0.15, 0.2) is 0 Å². The van der Waals surface area contributed by atoms with Crippen molar-refractivity contribution in [2.75, 3.05) is 0 Å². The lowest BCUT2D eigenvalue weighted by Gasteiger charge is -2.37. The van der Waals surface area contributed by atoms with Crippen LogP contribution in [0, 0.1) is 11.3 Å². The summed E-state index contributed by atoms with van der Waals surface area (Å²) < 4.78 is 26.3. The first-order valence-corrected chi connectivity index (χ1v) is 5.63. The number of hydrogen-bond acceptors (Lipinski definition) is 2. The van der Waals surface area contributed by atoms with Crippen molar-refractivity contribution in [1.82, 2.24) is 0 Å². The molecular formula is C13H14F2N2. The predicted octanol–water partition coefficient (Wildman–Crippen LogP) is 2.92. The molecule has 0 spiro atoms. The first-order chi connectivity index (χ1) is 7.97. The summed E-state index contributed by atoms with van der Waals surface area (Å²) >= 11 is 0. The van der Waals surface area contributed by atoms with Crippen molar-refractivity contribution in [3.63, 3.8) is 0 Å². The summed E-state index contributed by atoms with van der Waals surface area (Å²) in [7, 11) is 0. The van der Waals surface area contributed by atoms with Gasteiger partial charge in [-0.25, -0.2) is 8.78 Å². The van der Waals surface area contributed by atoms with E-state index in [0.29, 0.717) is 11.1 Å². The maximum absolute atomic E-state index is 13.1. The SMILES string of the molecule is N#Cc1ccccc1C1(N)CCC(F)(F)CC1. The molecule has 2 N–H and O–H groups in total. The van der Waals surface area contributed by atoms with Crippen LogP contribution in [0.3, 0.4) is 0 Å². The highest BCUT2D eigenvalue weighted by atomic mass is 19.3. The molecule has 90 valence electrons. The Morgan fingerprint density at radius 2 is 1.71 bits per heavy atom. The van der Waals surface area contributed by atoms with Crippen LogP contribution in [0.4, 0.5) is 8.78 Å². The Hall–Kier alpha value is -1.47. The van der Waals surface area contributed by atoms with Crippen LogP contribution >= 0.6 is 0 Å². The third-order valence-electron chi connectivity index (χ3n) is 3.46. The average Bonchev–Trinajstić information content (AvgIpc) is 2.33. The summed E-state index contributed by atoms with van der Waals surface area (Å²) in [6.45, 7) is 0. The third kappa shape index (κ3) is 2.29. The molecule has 17 heavy (non-hydrogen) atoms. The van der Waals surface area contributed by atoms with Crippen LogP contribution in [0.2, 0.25) is 0 Å². The summed E-state index contributed by atoms with van der Waals surface area (Å²) in [5, 5.41) is 9.01. The molecular weight excluding hydrogens is 222 g/mol. The first-order valence-electron chi connectivity index (χ1n) is 5.63. The second-order valence-corrected chi connectivity index (χ2v) is 4.67. The Labute approximate surface area is 99.0 Å². The second kappa shape index (κ2) is 4.08. The highest BCUT2D eigenvalue weighted by Gasteiger charge is 2.42. The minimum Gasteiger partial charge on any atom is -0.321 e. The molecule has 1 fully saturated rings. The number of benzene rings is 1. The van der Waals surface area contributed by atoms with Gasteiger partial charge in [0.2, 0.25) is 5.92 Å². The predicted molar refractivity (Wildman–Crippen MR) is 60.4 cm³/mol. The lowest BCUT2D eigenvalue weighted by molar-refractivity contribution is -0.0514. The van der Waals surface area contributed by atoms with E-state index in [1.54, 1.807) is 24.3 Å². The molecule has 1 aliphatic rings. The number of nitriles is 1. The fourth-order valence-electron chi connectivity index (χ4n) is 2.35. The monoisotopic (exact) mass is 236 g/mol. The van der Waals surface area contributed by atoms with Crippen LogP contribution in [0.15, 0.2) is 24.3 Å². The van der Waals surface area contributed by atoms with Gasteiger partial charge in [0.05, 0.1) is 11.6 Å². The van der Waals surface area contributed by atoms with Gasteiger partial charge >= 0.3 is 0 Å². The van der Waals surface area contributed by atoms with Gasteiger partial charge < -0.3 is 5.73 Å². The Morgan fingerprint density at radius 1 is 1.12 bits per heavy atom. The zero-order chi connectivity index (χ0) is 12.5. The molecule has 1 aliphatic carbocycles. The number of halogens is 2. The van der Waals surface area contributed by atoms with Gasteiger partial charge in [0, 0.05) is 18.4 Å². The summed E-state index contributed by atoms with van der Waals surface area (Å²) in [5.74, 6) is -2.61. The molecule has 1 aromatic carbocycles. The van der Waals surface area contributed by atoms with E-state index < -0.39 is 11.5 Å². The Balaban J connectivity index is 2.31. The number of alkyl halides is 2. The van der Waals surface area contributed by atoms with Crippen molar-refractivity contribution in [3.8, 4) is 6.07 Å². The highest BCUT2D eigenvalue weighted by molar-refractivity contribution is 5.42. The molecule has 0 radical (unpaired) electrons. The van der Waals surface area contributed by atoms with Gasteiger partial charge in [-0.1, -0.05) is 18.2 Å². The van der Waals surface area contributed by atoms with Crippen LogP contribution < -0.4 is 5.73 Å². The lowest BCUT2D eigenvalue weighted by atomic mass is 9.74. The second-order valence-electron chi connectivity index (χ2n) is 4.67. The molecule has 0 aromatic heterocycles. The molecule has 0 amide bonds.